The van der Waals surface area contributed by atoms with E-state index < -0.39 is 11.8 Å². The highest BCUT2D eigenvalue weighted by Gasteiger charge is 2.24. The number of nitrogens with one attached hydrogen (secondary N) is 1. The van der Waals surface area contributed by atoms with Gasteiger partial charge in [0.1, 0.15) is 18.2 Å². The number of Topliss-reactive ketones (excluding diaryl/α,β-unsaturated/α-hetero) is 1. The van der Waals surface area contributed by atoms with Crippen LogP contribution in [0.2, 0.25) is 0 Å². The Morgan fingerprint density at radius 2 is 2.00 bits per heavy atom. The van der Waals surface area contributed by atoms with Gasteiger partial charge in [-0.05, 0) is 50.1 Å². The van der Waals surface area contributed by atoms with Crippen molar-refractivity contribution < 1.29 is 23.8 Å². The minimum Gasteiger partial charge on any atom is -0.493 e. The Balaban J connectivity index is 2.41. The molecule has 0 aliphatic carbocycles. The van der Waals surface area contributed by atoms with Crippen molar-refractivity contribution in [1.82, 2.24) is 4.98 Å². The van der Waals surface area contributed by atoms with Gasteiger partial charge in [0.15, 0.2) is 11.5 Å². The first-order valence-corrected chi connectivity index (χ1v) is 9.32. The molecular formula is C23H24N2O5. The number of hydrogen-bond donors (Lipinski definition) is 1. The number of carbonyl (C=O) groups is 2. The number of aromatic nitrogens is 1. The molecular weight excluding hydrogens is 384 g/mol. The van der Waals surface area contributed by atoms with E-state index >= 15 is 0 Å². The topological polar surface area (TPSA) is 101 Å². The van der Waals surface area contributed by atoms with Crippen molar-refractivity contribution in [2.75, 3.05) is 20.3 Å². The van der Waals surface area contributed by atoms with Gasteiger partial charge in [-0.1, -0.05) is 18.7 Å². The number of aryl methyl sites for hydroxylation is 1. The monoisotopic (exact) mass is 408 g/mol. The molecule has 0 aliphatic rings. The first-order chi connectivity index (χ1) is 14.4. The lowest BCUT2D eigenvalue weighted by Crippen LogP contribution is -2.08. The SMILES string of the molecule is C=CCOc1ccc(/C=C(\C#N)C(=O)c2[nH]c(C)c(C(=O)OCC)c2C)cc1OC. The minimum absolute atomic E-state index is 0.0865. The molecule has 1 heterocycles. The van der Waals surface area contributed by atoms with E-state index in [-0.39, 0.29) is 17.9 Å². The van der Waals surface area contributed by atoms with Crippen molar-refractivity contribution in [3.8, 4) is 17.6 Å². The molecule has 0 saturated carbocycles. The van der Waals surface area contributed by atoms with E-state index in [4.69, 9.17) is 14.2 Å². The number of methoxy groups -OCH3 is 1. The van der Waals surface area contributed by atoms with Gasteiger partial charge in [0.05, 0.1) is 25.0 Å². The van der Waals surface area contributed by atoms with Gasteiger partial charge >= 0.3 is 5.97 Å². The predicted octanol–water partition coefficient (Wildman–Crippen LogP) is 4.17. The quantitative estimate of drug-likeness (QED) is 0.220. The molecule has 0 aliphatic heterocycles. The number of rotatable bonds is 9. The molecule has 156 valence electrons. The number of nitriles is 1. The highest BCUT2D eigenvalue weighted by molar-refractivity contribution is 6.15. The Morgan fingerprint density at radius 1 is 1.27 bits per heavy atom. The molecule has 2 rings (SSSR count). The summed E-state index contributed by atoms with van der Waals surface area (Å²) < 4.78 is 15.9. The van der Waals surface area contributed by atoms with Crippen molar-refractivity contribution in [1.29, 1.82) is 5.26 Å². The maximum Gasteiger partial charge on any atom is 0.340 e. The molecule has 0 unspecified atom stereocenters. The Morgan fingerprint density at radius 3 is 2.60 bits per heavy atom. The summed E-state index contributed by atoms with van der Waals surface area (Å²) in [6.07, 6.45) is 3.08. The number of esters is 1. The lowest BCUT2D eigenvalue weighted by molar-refractivity contribution is 0.0525. The molecule has 2 aromatic rings. The summed E-state index contributed by atoms with van der Waals surface area (Å²) >= 11 is 0. The van der Waals surface area contributed by atoms with E-state index in [1.165, 1.54) is 13.2 Å². The van der Waals surface area contributed by atoms with Crippen LogP contribution in [0.4, 0.5) is 0 Å². The lowest BCUT2D eigenvalue weighted by Gasteiger charge is -2.10. The van der Waals surface area contributed by atoms with Crippen LogP contribution < -0.4 is 9.47 Å². The third kappa shape index (κ3) is 4.78. The highest BCUT2D eigenvalue weighted by atomic mass is 16.5. The fourth-order valence-corrected chi connectivity index (χ4v) is 2.98. The Bertz CT molecular complexity index is 1040. The second kappa shape index (κ2) is 10.1. The largest absolute Gasteiger partial charge is 0.493 e. The maximum atomic E-state index is 13.0. The smallest absolute Gasteiger partial charge is 0.340 e. The van der Waals surface area contributed by atoms with Gasteiger partial charge in [-0.3, -0.25) is 4.79 Å². The van der Waals surface area contributed by atoms with E-state index in [0.29, 0.717) is 40.5 Å². The molecule has 0 radical (unpaired) electrons. The van der Waals surface area contributed by atoms with Gasteiger partial charge in [0.2, 0.25) is 5.78 Å². The van der Waals surface area contributed by atoms with Crippen LogP contribution >= 0.6 is 0 Å². The van der Waals surface area contributed by atoms with Crippen LogP contribution in [0.15, 0.2) is 36.4 Å². The van der Waals surface area contributed by atoms with E-state index in [0.717, 1.165) is 0 Å². The standard InChI is InChI=1S/C23H24N2O5/c1-6-10-30-18-9-8-16(12-19(18)28-5)11-17(13-24)22(26)21-14(3)20(15(4)25-21)23(27)29-7-2/h6,8-9,11-12,25H,1,7,10H2,2-5H3/b17-11+. The summed E-state index contributed by atoms with van der Waals surface area (Å²) in [5, 5.41) is 9.57. The van der Waals surface area contributed by atoms with Gasteiger partial charge in [0.25, 0.3) is 0 Å². The highest BCUT2D eigenvalue weighted by Crippen LogP contribution is 2.29. The summed E-state index contributed by atoms with van der Waals surface area (Å²) in [7, 11) is 1.50. The molecule has 0 fully saturated rings. The number of H-pyrrole nitrogens is 1. The molecule has 1 aromatic carbocycles. The van der Waals surface area contributed by atoms with E-state index in [2.05, 4.69) is 11.6 Å². The van der Waals surface area contributed by atoms with Crippen molar-refractivity contribution >= 4 is 17.8 Å². The molecule has 1 aromatic heterocycles. The number of nitrogens with zero attached hydrogens (tertiary/aromatic N) is 1. The molecule has 7 heteroatoms. The van der Waals surface area contributed by atoms with Crippen molar-refractivity contribution in [3.63, 3.8) is 0 Å². The lowest BCUT2D eigenvalue weighted by atomic mass is 10.0. The zero-order valence-electron chi connectivity index (χ0n) is 17.5. The second-order valence-corrected chi connectivity index (χ2v) is 6.35. The van der Waals surface area contributed by atoms with Crippen LogP contribution in [0.25, 0.3) is 6.08 Å². The molecule has 1 N–H and O–H groups in total. The maximum absolute atomic E-state index is 13.0. The fourth-order valence-electron chi connectivity index (χ4n) is 2.98. The zero-order chi connectivity index (χ0) is 22.3. The van der Waals surface area contributed by atoms with Crippen LogP contribution in [0.3, 0.4) is 0 Å². The van der Waals surface area contributed by atoms with Crippen LogP contribution in [-0.4, -0.2) is 37.1 Å². The van der Waals surface area contributed by atoms with Crippen LogP contribution in [0.5, 0.6) is 11.5 Å². The average Bonchev–Trinajstić information content (AvgIpc) is 3.04. The zero-order valence-corrected chi connectivity index (χ0v) is 17.5. The van der Waals surface area contributed by atoms with Crippen LogP contribution in [0, 0.1) is 25.2 Å². The van der Waals surface area contributed by atoms with Gasteiger partial charge in [-0.2, -0.15) is 5.26 Å². The summed E-state index contributed by atoms with van der Waals surface area (Å²) in [6.45, 7) is 9.18. The number of allylic oxidation sites excluding steroid dienone is 1. The third-order valence-corrected chi connectivity index (χ3v) is 4.36. The van der Waals surface area contributed by atoms with Crippen molar-refractivity contribution in [2.24, 2.45) is 0 Å². The van der Waals surface area contributed by atoms with Gasteiger partial charge in [0, 0.05) is 5.69 Å². The number of carbonyl (C=O) groups excluding carboxylic acids is 2. The molecule has 0 bridgehead atoms. The Hall–Kier alpha value is -3.79. The normalized spacial score (nSPS) is 10.8. The number of ketones is 1. The number of benzene rings is 1. The number of aromatic amines is 1. The molecule has 0 saturated heterocycles. The molecule has 0 atom stereocenters. The first kappa shape index (κ1) is 22.5. The van der Waals surface area contributed by atoms with Crippen LogP contribution in [-0.2, 0) is 4.74 Å². The van der Waals surface area contributed by atoms with Crippen molar-refractivity contribution in [2.45, 2.75) is 20.8 Å². The molecule has 30 heavy (non-hydrogen) atoms. The first-order valence-electron chi connectivity index (χ1n) is 9.32. The van der Waals surface area contributed by atoms with E-state index in [1.807, 2.05) is 6.07 Å². The summed E-state index contributed by atoms with van der Waals surface area (Å²) in [5.41, 5.74) is 1.95. The Labute approximate surface area is 175 Å². The molecule has 7 nitrogen and oxygen atoms in total. The predicted molar refractivity (Wildman–Crippen MR) is 113 cm³/mol. The van der Waals surface area contributed by atoms with Crippen molar-refractivity contribution in [3.05, 3.63) is 64.5 Å². The number of ether oxygens (including phenoxy) is 3. The second-order valence-electron chi connectivity index (χ2n) is 6.35. The van der Waals surface area contributed by atoms with E-state index in [9.17, 15) is 14.9 Å². The van der Waals surface area contributed by atoms with E-state index in [1.54, 1.807) is 45.0 Å². The fraction of sp³-hybridized carbons (Fsp3) is 0.261. The summed E-state index contributed by atoms with van der Waals surface area (Å²) in [6, 6.07) is 7.00. The third-order valence-electron chi connectivity index (χ3n) is 4.36. The number of hydrogen-bond acceptors (Lipinski definition) is 6. The van der Waals surface area contributed by atoms with Crippen LogP contribution in [0.1, 0.15) is 44.6 Å². The summed E-state index contributed by atoms with van der Waals surface area (Å²) in [5.74, 6) is -0.0362. The van der Waals surface area contributed by atoms with Gasteiger partial charge in [-0.25, -0.2) is 4.79 Å². The molecule has 0 spiro atoms. The van der Waals surface area contributed by atoms with Gasteiger partial charge in [-0.15, -0.1) is 0 Å². The minimum atomic E-state index is -0.514. The summed E-state index contributed by atoms with van der Waals surface area (Å²) in [4.78, 5) is 28.0. The Kier molecular flexibility index (Phi) is 7.59. The van der Waals surface area contributed by atoms with Gasteiger partial charge < -0.3 is 19.2 Å². The molecule has 0 amide bonds. The average molecular weight is 408 g/mol.